The van der Waals surface area contributed by atoms with Gasteiger partial charge >= 0.3 is 5.97 Å². The van der Waals surface area contributed by atoms with Crippen molar-refractivity contribution in [3.63, 3.8) is 0 Å². The number of esters is 1. The van der Waals surface area contributed by atoms with E-state index >= 15 is 0 Å². The minimum Gasteiger partial charge on any atom is -0.466 e. The van der Waals surface area contributed by atoms with Gasteiger partial charge in [-0.2, -0.15) is 15.0 Å². The second kappa shape index (κ2) is 6.37. The van der Waals surface area contributed by atoms with Crippen LogP contribution in [0.15, 0.2) is 24.3 Å². The number of fused-ring (bicyclic) bond motifs is 3. The van der Waals surface area contributed by atoms with Gasteiger partial charge in [-0.1, -0.05) is 19.1 Å². The second-order valence-electron chi connectivity index (χ2n) is 7.20. The fourth-order valence-electron chi connectivity index (χ4n) is 4.76. The number of benzene rings is 1. The highest BCUT2D eigenvalue weighted by molar-refractivity contribution is 5.84. The Morgan fingerprint density at radius 1 is 1.19 bits per heavy atom. The van der Waals surface area contributed by atoms with E-state index in [4.69, 9.17) is 4.74 Å². The smallest absolute Gasteiger partial charge is 0.314 e. The Morgan fingerprint density at radius 3 is 2.50 bits per heavy atom. The largest absolute Gasteiger partial charge is 0.466 e. The molecule has 2 saturated heterocycles. The first-order chi connectivity index (χ1) is 12.6. The number of carbonyl (C=O) groups excluding carboxylic acids is 2. The van der Waals surface area contributed by atoms with Crippen LogP contribution in [-0.4, -0.2) is 50.5 Å². The Kier molecular flexibility index (Phi) is 4.17. The normalized spacial score (nSPS) is 27.2. The summed E-state index contributed by atoms with van der Waals surface area (Å²) in [6.07, 6.45) is 3.21. The monoisotopic (exact) mass is 356 g/mol. The number of aromatic nitrogens is 3. The van der Waals surface area contributed by atoms with Gasteiger partial charge in [-0.15, -0.1) is 0 Å². The number of ether oxygens (including phenoxy) is 1. The van der Waals surface area contributed by atoms with Gasteiger partial charge in [0.2, 0.25) is 5.91 Å². The van der Waals surface area contributed by atoms with Gasteiger partial charge < -0.3 is 9.64 Å². The summed E-state index contributed by atoms with van der Waals surface area (Å²) in [7, 11) is 0. The van der Waals surface area contributed by atoms with Crippen LogP contribution in [0.1, 0.15) is 39.5 Å². The van der Waals surface area contributed by atoms with Gasteiger partial charge in [0.25, 0.3) is 0 Å². The van der Waals surface area contributed by atoms with Crippen LogP contribution < -0.4 is 0 Å². The van der Waals surface area contributed by atoms with Crippen molar-refractivity contribution in [1.82, 2.24) is 19.9 Å². The zero-order valence-electron chi connectivity index (χ0n) is 15.2. The standard InChI is InChI=1S/C19H24N4O3/c1-3-19(18(25)26-4-2)11-13-9-10-16(19)23(13)17(24)12-22-20-14-7-5-6-8-15(14)21-22/h5-8,13,16H,3-4,9-12H2,1-2H3/t13-,16+,19+/m1/s1. The Balaban J connectivity index is 1.55. The Labute approximate surface area is 152 Å². The van der Waals surface area contributed by atoms with Gasteiger partial charge in [0.15, 0.2) is 0 Å². The molecule has 1 amide bonds. The zero-order valence-corrected chi connectivity index (χ0v) is 15.2. The van der Waals surface area contributed by atoms with E-state index in [9.17, 15) is 9.59 Å². The lowest BCUT2D eigenvalue weighted by atomic mass is 9.72. The summed E-state index contributed by atoms with van der Waals surface area (Å²) in [6.45, 7) is 4.31. The number of carbonyl (C=O) groups is 2. The molecule has 1 aromatic carbocycles. The Morgan fingerprint density at radius 2 is 1.88 bits per heavy atom. The molecule has 7 heteroatoms. The minimum atomic E-state index is -0.559. The fourth-order valence-corrected chi connectivity index (χ4v) is 4.76. The number of rotatable bonds is 5. The molecule has 2 fully saturated rings. The maximum Gasteiger partial charge on any atom is 0.314 e. The molecule has 0 N–H and O–H groups in total. The average Bonchev–Trinajstić information content (AvgIpc) is 3.32. The molecule has 2 bridgehead atoms. The first kappa shape index (κ1) is 17.0. The molecule has 2 aliphatic heterocycles. The van der Waals surface area contributed by atoms with E-state index in [1.807, 2.05) is 43.0 Å². The highest BCUT2D eigenvalue weighted by atomic mass is 16.5. The summed E-state index contributed by atoms with van der Waals surface area (Å²) in [5, 5.41) is 8.76. The Bertz CT molecular complexity index is 815. The fraction of sp³-hybridized carbons (Fsp3) is 0.579. The summed E-state index contributed by atoms with van der Waals surface area (Å²) in [5.74, 6) is -0.173. The molecule has 3 atom stereocenters. The molecule has 7 nitrogen and oxygen atoms in total. The van der Waals surface area contributed by atoms with E-state index in [0.717, 1.165) is 23.9 Å². The topological polar surface area (TPSA) is 77.3 Å². The third kappa shape index (κ3) is 2.48. The summed E-state index contributed by atoms with van der Waals surface area (Å²) in [5.41, 5.74) is 0.995. The molecule has 1 aromatic heterocycles. The molecular weight excluding hydrogens is 332 g/mol. The van der Waals surface area contributed by atoms with Gasteiger partial charge in [0.05, 0.1) is 12.0 Å². The van der Waals surface area contributed by atoms with E-state index in [-0.39, 0.29) is 30.5 Å². The molecule has 2 aromatic rings. The number of amides is 1. The van der Waals surface area contributed by atoms with Crippen LogP contribution in [0, 0.1) is 5.41 Å². The molecule has 138 valence electrons. The predicted molar refractivity (Wildman–Crippen MR) is 95.2 cm³/mol. The lowest BCUT2D eigenvalue weighted by Crippen LogP contribution is -2.46. The molecular formula is C19H24N4O3. The molecule has 0 radical (unpaired) electrons. The van der Waals surface area contributed by atoms with Gasteiger partial charge in [-0.05, 0) is 44.7 Å². The number of hydrogen-bond donors (Lipinski definition) is 0. The van der Waals surface area contributed by atoms with Crippen molar-refractivity contribution in [2.75, 3.05) is 6.61 Å². The molecule has 4 rings (SSSR count). The van der Waals surface area contributed by atoms with Gasteiger partial charge in [-0.25, -0.2) is 0 Å². The zero-order chi connectivity index (χ0) is 18.3. The van der Waals surface area contributed by atoms with E-state index < -0.39 is 5.41 Å². The molecule has 26 heavy (non-hydrogen) atoms. The SMILES string of the molecule is CCOC(=O)[C@@]1(CC)C[C@H]2CC[C@@H]1N2C(=O)Cn1nc2ccccc2n1. The highest BCUT2D eigenvalue weighted by Gasteiger charge is 2.61. The first-order valence-corrected chi connectivity index (χ1v) is 9.37. The lowest BCUT2D eigenvalue weighted by Gasteiger charge is -2.34. The second-order valence-corrected chi connectivity index (χ2v) is 7.20. The van der Waals surface area contributed by atoms with Crippen LogP contribution in [-0.2, 0) is 20.9 Å². The summed E-state index contributed by atoms with van der Waals surface area (Å²) in [6, 6.07) is 7.60. The van der Waals surface area contributed by atoms with Crippen LogP contribution in [0.2, 0.25) is 0 Å². The van der Waals surface area contributed by atoms with E-state index in [0.29, 0.717) is 19.4 Å². The molecule has 2 aliphatic rings. The van der Waals surface area contributed by atoms with Crippen LogP contribution in [0.4, 0.5) is 0 Å². The van der Waals surface area contributed by atoms with Crippen molar-refractivity contribution in [2.45, 2.75) is 58.2 Å². The van der Waals surface area contributed by atoms with Crippen molar-refractivity contribution in [3.05, 3.63) is 24.3 Å². The van der Waals surface area contributed by atoms with Crippen LogP contribution >= 0.6 is 0 Å². The molecule has 0 aliphatic carbocycles. The van der Waals surface area contributed by atoms with Gasteiger partial charge in [0.1, 0.15) is 17.6 Å². The van der Waals surface area contributed by atoms with Crippen LogP contribution in [0.25, 0.3) is 11.0 Å². The maximum absolute atomic E-state index is 13.0. The van der Waals surface area contributed by atoms with Crippen molar-refractivity contribution >= 4 is 22.9 Å². The summed E-state index contributed by atoms with van der Waals surface area (Å²) < 4.78 is 5.35. The van der Waals surface area contributed by atoms with E-state index in [1.54, 1.807) is 0 Å². The highest BCUT2D eigenvalue weighted by Crippen LogP contribution is 2.52. The molecule has 0 spiro atoms. The number of hydrogen-bond acceptors (Lipinski definition) is 5. The van der Waals surface area contributed by atoms with Gasteiger partial charge in [-0.3, -0.25) is 9.59 Å². The average molecular weight is 356 g/mol. The van der Waals surface area contributed by atoms with E-state index in [1.165, 1.54) is 4.80 Å². The van der Waals surface area contributed by atoms with Crippen LogP contribution in [0.3, 0.4) is 0 Å². The maximum atomic E-state index is 13.0. The predicted octanol–water partition coefficient (Wildman–Crippen LogP) is 2.15. The third-order valence-electron chi connectivity index (χ3n) is 5.95. The lowest BCUT2D eigenvalue weighted by molar-refractivity contribution is -0.158. The quantitative estimate of drug-likeness (QED) is 0.767. The third-order valence-corrected chi connectivity index (χ3v) is 5.95. The van der Waals surface area contributed by atoms with E-state index in [2.05, 4.69) is 10.2 Å². The van der Waals surface area contributed by atoms with Crippen molar-refractivity contribution < 1.29 is 14.3 Å². The summed E-state index contributed by atoms with van der Waals surface area (Å²) in [4.78, 5) is 29.0. The molecule has 3 heterocycles. The minimum absolute atomic E-state index is 0.0163. The summed E-state index contributed by atoms with van der Waals surface area (Å²) >= 11 is 0. The number of nitrogens with zero attached hydrogens (tertiary/aromatic N) is 4. The van der Waals surface area contributed by atoms with Gasteiger partial charge in [0, 0.05) is 12.1 Å². The van der Waals surface area contributed by atoms with Crippen molar-refractivity contribution in [1.29, 1.82) is 0 Å². The first-order valence-electron chi connectivity index (χ1n) is 9.37. The molecule has 0 unspecified atom stereocenters. The van der Waals surface area contributed by atoms with Crippen molar-refractivity contribution in [3.8, 4) is 0 Å². The Hall–Kier alpha value is -2.44. The van der Waals surface area contributed by atoms with Crippen LogP contribution in [0.5, 0.6) is 0 Å². The van der Waals surface area contributed by atoms with Crippen molar-refractivity contribution in [2.24, 2.45) is 5.41 Å². The molecule has 0 saturated carbocycles.